The summed E-state index contributed by atoms with van der Waals surface area (Å²) in [6, 6.07) is 7.42. The molecule has 168 valence electrons. The van der Waals surface area contributed by atoms with Crippen molar-refractivity contribution in [1.82, 2.24) is 15.2 Å². The van der Waals surface area contributed by atoms with Gasteiger partial charge in [0, 0.05) is 18.4 Å². The Hall–Kier alpha value is -3.16. The van der Waals surface area contributed by atoms with Gasteiger partial charge in [0.2, 0.25) is 0 Å². The molecule has 0 unspecified atom stereocenters. The molecule has 1 aliphatic heterocycles. The zero-order valence-electron chi connectivity index (χ0n) is 16.5. The van der Waals surface area contributed by atoms with E-state index >= 15 is 0 Å². The second kappa shape index (κ2) is 9.54. The molecule has 0 radical (unpaired) electrons. The van der Waals surface area contributed by atoms with Gasteiger partial charge in [-0.05, 0) is 24.6 Å². The van der Waals surface area contributed by atoms with Crippen molar-refractivity contribution < 1.29 is 27.2 Å². The van der Waals surface area contributed by atoms with Gasteiger partial charge < -0.3 is 9.57 Å². The van der Waals surface area contributed by atoms with Crippen molar-refractivity contribution in [2.75, 3.05) is 18.5 Å². The topological polar surface area (TPSA) is 136 Å². The lowest BCUT2D eigenvalue weighted by Gasteiger charge is -2.11. The highest BCUT2D eigenvalue weighted by Crippen LogP contribution is 2.23. The number of nitrogens with zero attached hydrogens (tertiary/aromatic N) is 3. The summed E-state index contributed by atoms with van der Waals surface area (Å²) in [6.07, 6.45) is 2.96. The molecule has 3 heterocycles. The van der Waals surface area contributed by atoms with Crippen LogP contribution in [-0.2, 0) is 30.8 Å². The summed E-state index contributed by atoms with van der Waals surface area (Å²) < 4.78 is 43.9. The Balaban J connectivity index is 1.57. The van der Waals surface area contributed by atoms with Gasteiger partial charge in [-0.3, -0.25) is 15.2 Å². The molecule has 3 aromatic rings. The van der Waals surface area contributed by atoms with Gasteiger partial charge in [0.15, 0.2) is 32.4 Å². The number of rotatable bonds is 8. The summed E-state index contributed by atoms with van der Waals surface area (Å²) in [7, 11) is -3.55. The highest BCUT2D eigenvalue weighted by molar-refractivity contribution is 7.92. The SMILES string of the molecule is O=C(Nc1ncc(F)s1)C(=NOCc1ccn[nH]1)c1ccc(S(=O)(=O)[C@H]2CCOC2)cc1. The van der Waals surface area contributed by atoms with E-state index in [1.165, 1.54) is 24.3 Å². The maximum absolute atomic E-state index is 13.2. The third kappa shape index (κ3) is 5.00. The highest BCUT2D eigenvalue weighted by atomic mass is 32.2. The first-order chi connectivity index (χ1) is 15.4. The molecule has 0 saturated carbocycles. The van der Waals surface area contributed by atoms with Gasteiger partial charge in [-0.2, -0.15) is 9.49 Å². The number of carbonyl (C=O) groups excluding carboxylic acids is 1. The van der Waals surface area contributed by atoms with Crippen molar-refractivity contribution in [3.05, 3.63) is 59.1 Å². The molecular weight excluding hydrogens is 461 g/mol. The lowest BCUT2D eigenvalue weighted by Crippen LogP contribution is -2.25. The third-order valence-electron chi connectivity index (χ3n) is 4.63. The van der Waals surface area contributed by atoms with E-state index in [2.05, 4.69) is 25.7 Å². The van der Waals surface area contributed by atoms with E-state index in [-0.39, 0.29) is 29.0 Å². The number of amides is 1. The largest absolute Gasteiger partial charge is 0.389 e. The number of H-pyrrole nitrogens is 1. The number of ether oxygens (including phenoxy) is 1. The quantitative estimate of drug-likeness (QED) is 0.373. The van der Waals surface area contributed by atoms with Crippen LogP contribution in [0.15, 0.2) is 52.8 Å². The number of aromatic amines is 1. The number of sulfone groups is 1. The lowest BCUT2D eigenvalue weighted by atomic mass is 10.1. The van der Waals surface area contributed by atoms with Crippen LogP contribution in [0.1, 0.15) is 17.7 Å². The van der Waals surface area contributed by atoms with E-state index in [4.69, 9.17) is 9.57 Å². The van der Waals surface area contributed by atoms with Crippen molar-refractivity contribution in [1.29, 1.82) is 0 Å². The van der Waals surface area contributed by atoms with Gasteiger partial charge in [0.05, 0.1) is 28.6 Å². The van der Waals surface area contributed by atoms with E-state index in [0.717, 1.165) is 6.20 Å². The Bertz CT molecular complexity index is 1200. The van der Waals surface area contributed by atoms with E-state index < -0.39 is 26.1 Å². The number of carbonyl (C=O) groups is 1. The van der Waals surface area contributed by atoms with E-state index in [1.807, 2.05) is 0 Å². The number of hydrogen-bond donors (Lipinski definition) is 2. The van der Waals surface area contributed by atoms with Gasteiger partial charge in [-0.15, -0.1) is 0 Å². The third-order valence-corrected chi connectivity index (χ3v) is 7.51. The van der Waals surface area contributed by atoms with Crippen LogP contribution in [0.4, 0.5) is 9.52 Å². The van der Waals surface area contributed by atoms with Crippen LogP contribution < -0.4 is 5.32 Å². The van der Waals surface area contributed by atoms with Gasteiger partial charge in [-0.25, -0.2) is 13.4 Å². The number of halogens is 1. The summed E-state index contributed by atoms with van der Waals surface area (Å²) in [6.45, 7) is 0.589. The summed E-state index contributed by atoms with van der Waals surface area (Å²) >= 11 is 0.660. The Kier molecular flexibility index (Phi) is 6.58. The minimum Gasteiger partial charge on any atom is -0.389 e. The highest BCUT2D eigenvalue weighted by Gasteiger charge is 2.31. The van der Waals surface area contributed by atoms with Crippen molar-refractivity contribution in [3.63, 3.8) is 0 Å². The Morgan fingerprint density at radius 2 is 2.16 bits per heavy atom. The Morgan fingerprint density at radius 3 is 2.78 bits per heavy atom. The number of benzene rings is 1. The normalized spacial score (nSPS) is 16.8. The zero-order valence-corrected chi connectivity index (χ0v) is 18.2. The molecule has 1 fully saturated rings. The van der Waals surface area contributed by atoms with Crippen molar-refractivity contribution in [2.45, 2.75) is 23.2 Å². The lowest BCUT2D eigenvalue weighted by molar-refractivity contribution is -0.110. The minimum atomic E-state index is -3.55. The molecule has 1 amide bonds. The van der Waals surface area contributed by atoms with E-state index in [9.17, 15) is 17.6 Å². The molecule has 2 aromatic heterocycles. The van der Waals surface area contributed by atoms with Crippen LogP contribution in [0.5, 0.6) is 0 Å². The van der Waals surface area contributed by atoms with Crippen molar-refractivity contribution >= 4 is 37.9 Å². The molecule has 10 nitrogen and oxygen atoms in total. The maximum atomic E-state index is 13.2. The van der Waals surface area contributed by atoms with Gasteiger partial charge in [-0.1, -0.05) is 28.6 Å². The number of hydrogen-bond acceptors (Lipinski definition) is 9. The van der Waals surface area contributed by atoms with Crippen LogP contribution in [0.25, 0.3) is 0 Å². The maximum Gasteiger partial charge on any atom is 0.280 e. The van der Waals surface area contributed by atoms with Crippen LogP contribution in [0, 0.1) is 5.13 Å². The molecule has 13 heteroatoms. The van der Waals surface area contributed by atoms with Crippen LogP contribution in [0.3, 0.4) is 0 Å². The van der Waals surface area contributed by atoms with E-state index in [1.54, 1.807) is 12.3 Å². The minimum absolute atomic E-state index is 0.0246. The molecule has 0 spiro atoms. The van der Waals surface area contributed by atoms with Crippen molar-refractivity contribution in [3.8, 4) is 0 Å². The number of thiazole rings is 1. The fraction of sp³-hybridized carbons (Fsp3) is 0.263. The summed E-state index contributed by atoms with van der Waals surface area (Å²) in [5.74, 6) is -0.691. The molecule has 0 bridgehead atoms. The Morgan fingerprint density at radius 1 is 1.34 bits per heavy atom. The van der Waals surface area contributed by atoms with E-state index in [0.29, 0.717) is 35.6 Å². The first-order valence-corrected chi connectivity index (χ1v) is 11.8. The standard InChI is InChI=1S/C19H18FN5O5S2/c20-16-9-21-19(31-16)23-18(26)17(25-30-10-13-5-7-22-24-13)12-1-3-14(4-2-12)32(27,28)15-6-8-29-11-15/h1-5,7,9,15H,6,8,10-11H2,(H,22,24)(H,21,23,26)/t15-/m0/s1. The predicted octanol–water partition coefficient (Wildman–Crippen LogP) is 2.13. The average molecular weight is 480 g/mol. The van der Waals surface area contributed by atoms with Gasteiger partial charge >= 0.3 is 0 Å². The first-order valence-electron chi connectivity index (χ1n) is 9.46. The molecule has 1 atom stereocenters. The molecule has 1 aliphatic rings. The predicted molar refractivity (Wildman–Crippen MR) is 113 cm³/mol. The summed E-state index contributed by atoms with van der Waals surface area (Å²) in [5.41, 5.74) is 0.815. The fourth-order valence-corrected chi connectivity index (χ4v) is 5.10. The smallest absolute Gasteiger partial charge is 0.280 e. The molecule has 1 aromatic carbocycles. The summed E-state index contributed by atoms with van der Waals surface area (Å²) in [4.78, 5) is 21.9. The molecule has 1 saturated heterocycles. The monoisotopic (exact) mass is 479 g/mol. The molecule has 2 N–H and O–H groups in total. The average Bonchev–Trinajstić information content (AvgIpc) is 3.55. The van der Waals surface area contributed by atoms with Gasteiger partial charge in [0.25, 0.3) is 5.91 Å². The zero-order chi connectivity index (χ0) is 22.6. The summed E-state index contributed by atoms with van der Waals surface area (Å²) in [5, 5.41) is 11.8. The van der Waals surface area contributed by atoms with Crippen LogP contribution >= 0.6 is 11.3 Å². The molecule has 4 rings (SSSR count). The van der Waals surface area contributed by atoms with Gasteiger partial charge in [0.1, 0.15) is 0 Å². The molecule has 32 heavy (non-hydrogen) atoms. The second-order valence-corrected chi connectivity index (χ2v) is 9.98. The fourth-order valence-electron chi connectivity index (χ4n) is 2.98. The Labute approximate surface area is 186 Å². The van der Waals surface area contributed by atoms with Crippen LogP contribution in [0.2, 0.25) is 0 Å². The first kappa shape index (κ1) is 22.0. The molecule has 0 aliphatic carbocycles. The molecular formula is C19H18FN5O5S2. The number of anilines is 1. The number of nitrogens with one attached hydrogen (secondary N) is 2. The number of oxime groups is 1. The number of aromatic nitrogens is 3. The second-order valence-electron chi connectivity index (χ2n) is 6.77. The van der Waals surface area contributed by atoms with Crippen molar-refractivity contribution in [2.24, 2.45) is 5.16 Å². The van der Waals surface area contributed by atoms with Crippen LogP contribution in [-0.4, -0.2) is 53.7 Å².